The number of amides is 4. The molecule has 4 rings (SSSR count). The van der Waals surface area contributed by atoms with Crippen LogP contribution in [0.5, 0.6) is 0 Å². The number of benzene rings is 2. The molecule has 2 aromatic rings. The Hall–Kier alpha value is -2.51. The van der Waals surface area contributed by atoms with Crippen LogP contribution in [0.1, 0.15) is 44.9 Å². The Morgan fingerprint density at radius 1 is 1.00 bits per heavy atom. The van der Waals surface area contributed by atoms with Crippen molar-refractivity contribution >= 4 is 46.9 Å². The van der Waals surface area contributed by atoms with E-state index in [4.69, 9.17) is 11.6 Å². The number of urea groups is 1. The van der Waals surface area contributed by atoms with Crippen molar-refractivity contribution in [3.63, 3.8) is 0 Å². The molecule has 2 N–H and O–H groups in total. The fourth-order valence-corrected chi connectivity index (χ4v) is 5.32. The topological polar surface area (TPSA) is 78.5 Å². The summed E-state index contributed by atoms with van der Waals surface area (Å²) >= 11 is 7.46. The Kier molecular flexibility index (Phi) is 7.06. The monoisotopic (exact) mass is 471 g/mol. The number of hydrogen-bond acceptors (Lipinski definition) is 4. The highest BCUT2D eigenvalue weighted by atomic mass is 35.5. The number of anilines is 1. The van der Waals surface area contributed by atoms with E-state index in [0.717, 1.165) is 46.8 Å². The van der Waals surface area contributed by atoms with Crippen molar-refractivity contribution in [3.8, 4) is 0 Å². The van der Waals surface area contributed by atoms with Crippen molar-refractivity contribution < 1.29 is 14.4 Å². The molecule has 1 saturated carbocycles. The zero-order valence-electron chi connectivity index (χ0n) is 17.7. The van der Waals surface area contributed by atoms with Crippen molar-refractivity contribution in [2.75, 3.05) is 11.9 Å². The summed E-state index contributed by atoms with van der Waals surface area (Å²) in [6.45, 7) is -0.299. The number of nitrogens with zero attached hydrogens (tertiary/aromatic N) is 1. The molecule has 1 spiro atoms. The van der Waals surface area contributed by atoms with Gasteiger partial charge in [0.05, 0.1) is 5.69 Å². The van der Waals surface area contributed by atoms with E-state index in [1.54, 1.807) is 6.07 Å². The van der Waals surface area contributed by atoms with E-state index in [1.807, 2.05) is 42.5 Å². The van der Waals surface area contributed by atoms with Gasteiger partial charge in [-0.3, -0.25) is 14.5 Å². The molecule has 0 bridgehead atoms. The highest BCUT2D eigenvalue weighted by Gasteiger charge is 2.50. The highest BCUT2D eigenvalue weighted by molar-refractivity contribution is 7.99. The molecule has 0 atom stereocenters. The molecule has 1 aliphatic heterocycles. The SMILES string of the molecule is O=C(CN1C(=O)NC2(CCCCCCC2)C1=O)Nc1ccccc1Sc1ccc(Cl)cc1. The summed E-state index contributed by atoms with van der Waals surface area (Å²) < 4.78 is 0. The summed E-state index contributed by atoms with van der Waals surface area (Å²) in [5.74, 6) is -0.677. The van der Waals surface area contributed by atoms with Crippen LogP contribution in [0.2, 0.25) is 5.02 Å². The molecule has 2 aliphatic rings. The number of nitrogens with one attached hydrogen (secondary N) is 2. The zero-order chi connectivity index (χ0) is 22.6. The first kappa shape index (κ1) is 22.7. The lowest BCUT2D eigenvalue weighted by molar-refractivity contribution is -0.134. The lowest BCUT2D eigenvalue weighted by Gasteiger charge is -2.28. The number of rotatable bonds is 5. The van der Waals surface area contributed by atoms with E-state index in [0.29, 0.717) is 23.6 Å². The third kappa shape index (κ3) is 5.10. The van der Waals surface area contributed by atoms with Gasteiger partial charge >= 0.3 is 6.03 Å². The summed E-state index contributed by atoms with van der Waals surface area (Å²) in [6, 6.07) is 14.4. The van der Waals surface area contributed by atoms with Gasteiger partial charge in [0.25, 0.3) is 5.91 Å². The van der Waals surface area contributed by atoms with Crippen LogP contribution in [0.4, 0.5) is 10.5 Å². The maximum atomic E-state index is 13.1. The molecule has 1 saturated heterocycles. The Morgan fingerprint density at radius 2 is 1.66 bits per heavy atom. The highest BCUT2D eigenvalue weighted by Crippen LogP contribution is 2.35. The minimum atomic E-state index is -0.847. The van der Waals surface area contributed by atoms with Crippen molar-refractivity contribution in [1.82, 2.24) is 10.2 Å². The van der Waals surface area contributed by atoms with Crippen LogP contribution >= 0.6 is 23.4 Å². The van der Waals surface area contributed by atoms with Crippen LogP contribution < -0.4 is 10.6 Å². The second kappa shape index (κ2) is 9.96. The van der Waals surface area contributed by atoms with Gasteiger partial charge in [-0.2, -0.15) is 0 Å². The van der Waals surface area contributed by atoms with Crippen molar-refractivity contribution in [2.45, 2.75) is 60.3 Å². The number of carbonyl (C=O) groups is 3. The van der Waals surface area contributed by atoms with Gasteiger partial charge in [-0.05, 0) is 49.2 Å². The maximum Gasteiger partial charge on any atom is 0.325 e. The quantitative estimate of drug-likeness (QED) is 0.567. The summed E-state index contributed by atoms with van der Waals surface area (Å²) in [7, 11) is 0. The van der Waals surface area contributed by atoms with E-state index in [2.05, 4.69) is 10.6 Å². The van der Waals surface area contributed by atoms with Gasteiger partial charge in [0.15, 0.2) is 0 Å². The fourth-order valence-electron chi connectivity index (χ4n) is 4.29. The van der Waals surface area contributed by atoms with Crippen LogP contribution in [-0.4, -0.2) is 34.8 Å². The number of halogens is 1. The third-order valence-electron chi connectivity index (χ3n) is 5.96. The predicted octanol–water partition coefficient (Wildman–Crippen LogP) is 5.46. The van der Waals surface area contributed by atoms with Crippen molar-refractivity contribution in [1.29, 1.82) is 0 Å². The normalized spacial score (nSPS) is 18.2. The van der Waals surface area contributed by atoms with E-state index < -0.39 is 17.5 Å². The number of imide groups is 1. The number of carbonyl (C=O) groups excluding carboxylic acids is 3. The van der Waals surface area contributed by atoms with Crippen LogP contribution in [0.25, 0.3) is 0 Å². The molecule has 6 nitrogen and oxygen atoms in total. The summed E-state index contributed by atoms with van der Waals surface area (Å²) in [5.41, 5.74) is -0.217. The summed E-state index contributed by atoms with van der Waals surface area (Å²) in [4.78, 5) is 41.4. The Labute approximate surface area is 197 Å². The minimum absolute atomic E-state index is 0.275. The first-order chi connectivity index (χ1) is 15.5. The van der Waals surface area contributed by atoms with Gasteiger partial charge in [0.2, 0.25) is 5.91 Å². The predicted molar refractivity (Wildman–Crippen MR) is 126 cm³/mol. The van der Waals surface area contributed by atoms with Crippen LogP contribution in [0, 0.1) is 0 Å². The number of para-hydroxylation sites is 1. The molecule has 0 aromatic heterocycles. The average molecular weight is 472 g/mol. The van der Waals surface area contributed by atoms with Crippen LogP contribution in [0.15, 0.2) is 58.3 Å². The third-order valence-corrected chi connectivity index (χ3v) is 7.29. The van der Waals surface area contributed by atoms with E-state index in [1.165, 1.54) is 11.8 Å². The molecule has 32 heavy (non-hydrogen) atoms. The average Bonchev–Trinajstić information content (AvgIpc) is 2.99. The molecule has 2 fully saturated rings. The summed E-state index contributed by atoms with van der Waals surface area (Å²) in [5, 5.41) is 6.42. The van der Waals surface area contributed by atoms with Crippen LogP contribution in [-0.2, 0) is 9.59 Å². The molecular weight excluding hydrogens is 446 g/mol. The molecule has 0 radical (unpaired) electrons. The molecule has 1 heterocycles. The molecule has 4 amide bonds. The fraction of sp³-hybridized carbons (Fsp3) is 0.375. The van der Waals surface area contributed by atoms with Gasteiger partial charge in [0.1, 0.15) is 12.1 Å². The standard InChI is InChI=1S/C24H26ClN3O3S/c25-17-10-12-18(13-11-17)32-20-9-5-4-8-19(20)26-21(29)16-28-22(30)24(27-23(28)31)14-6-2-1-3-7-15-24/h4-5,8-13H,1-3,6-7,14-16H2,(H,26,29)(H,27,31). The van der Waals surface area contributed by atoms with Gasteiger partial charge in [-0.15, -0.1) is 0 Å². The smallest absolute Gasteiger partial charge is 0.323 e. The lowest BCUT2D eigenvalue weighted by atomic mass is 9.84. The van der Waals surface area contributed by atoms with E-state index in [-0.39, 0.29) is 12.5 Å². The Bertz CT molecular complexity index is 1000. The van der Waals surface area contributed by atoms with Gasteiger partial charge in [-0.1, -0.05) is 67.6 Å². The molecule has 0 unspecified atom stereocenters. The maximum absolute atomic E-state index is 13.1. The second-order valence-electron chi connectivity index (χ2n) is 8.27. The van der Waals surface area contributed by atoms with Crippen molar-refractivity contribution in [3.05, 3.63) is 53.6 Å². The minimum Gasteiger partial charge on any atom is -0.323 e. The molecular formula is C24H26ClN3O3S. The molecule has 2 aromatic carbocycles. The molecule has 168 valence electrons. The largest absolute Gasteiger partial charge is 0.325 e. The summed E-state index contributed by atoms with van der Waals surface area (Å²) in [6.07, 6.45) is 6.37. The van der Waals surface area contributed by atoms with Gasteiger partial charge in [0, 0.05) is 14.8 Å². The second-order valence-corrected chi connectivity index (χ2v) is 9.82. The van der Waals surface area contributed by atoms with E-state index in [9.17, 15) is 14.4 Å². The van der Waals surface area contributed by atoms with E-state index >= 15 is 0 Å². The molecule has 8 heteroatoms. The lowest BCUT2D eigenvalue weighted by Crippen LogP contribution is -2.47. The van der Waals surface area contributed by atoms with Crippen LogP contribution in [0.3, 0.4) is 0 Å². The Morgan fingerprint density at radius 3 is 2.38 bits per heavy atom. The first-order valence-electron chi connectivity index (χ1n) is 10.9. The van der Waals surface area contributed by atoms with Crippen molar-refractivity contribution in [2.24, 2.45) is 0 Å². The van der Waals surface area contributed by atoms with Gasteiger partial charge in [-0.25, -0.2) is 4.79 Å². The number of hydrogen-bond donors (Lipinski definition) is 2. The molecule has 1 aliphatic carbocycles. The first-order valence-corrected chi connectivity index (χ1v) is 12.1. The zero-order valence-corrected chi connectivity index (χ0v) is 19.3. The Balaban J connectivity index is 1.43. The van der Waals surface area contributed by atoms with Gasteiger partial charge < -0.3 is 10.6 Å².